The first-order chi connectivity index (χ1) is 11.1. The minimum absolute atomic E-state index is 0.0522. The molecule has 23 heavy (non-hydrogen) atoms. The van der Waals surface area contributed by atoms with E-state index in [2.05, 4.69) is 9.72 Å². The Morgan fingerprint density at radius 3 is 2.61 bits per heavy atom. The molecule has 1 aromatic heterocycles. The van der Waals surface area contributed by atoms with Crippen molar-refractivity contribution in [2.75, 3.05) is 7.11 Å². The summed E-state index contributed by atoms with van der Waals surface area (Å²) in [7, 11) is 1.28. The zero-order valence-corrected chi connectivity index (χ0v) is 12.3. The molecule has 0 bridgehead atoms. The molecule has 0 amide bonds. The van der Waals surface area contributed by atoms with E-state index in [4.69, 9.17) is 0 Å². The number of carbonyl (C=O) groups excluding carboxylic acids is 1. The van der Waals surface area contributed by atoms with Crippen molar-refractivity contribution >= 4 is 16.9 Å². The molecule has 0 aliphatic rings. The standard InChI is InChI=1S/C18H13F2NO2/c1-23-18(22)15-9-8-11-4-3-7-14(16(11)21-15)12-5-2-6-13(10-12)17(19)20/h2-10,17H,1H3. The maximum atomic E-state index is 12.9. The first-order valence-corrected chi connectivity index (χ1v) is 6.96. The monoisotopic (exact) mass is 313 g/mol. The van der Waals surface area contributed by atoms with E-state index < -0.39 is 12.4 Å². The molecule has 0 N–H and O–H groups in total. The first-order valence-electron chi connectivity index (χ1n) is 6.96. The fourth-order valence-corrected chi connectivity index (χ4v) is 2.44. The van der Waals surface area contributed by atoms with Gasteiger partial charge in [0.1, 0.15) is 5.69 Å². The highest BCUT2D eigenvalue weighted by Gasteiger charge is 2.13. The Morgan fingerprint density at radius 1 is 1.09 bits per heavy atom. The number of carbonyl (C=O) groups is 1. The van der Waals surface area contributed by atoms with Crippen LogP contribution in [-0.4, -0.2) is 18.1 Å². The number of aromatic nitrogens is 1. The van der Waals surface area contributed by atoms with Gasteiger partial charge in [-0.1, -0.05) is 42.5 Å². The molecule has 0 atom stereocenters. The van der Waals surface area contributed by atoms with Crippen molar-refractivity contribution in [2.45, 2.75) is 6.43 Å². The molecule has 0 aliphatic heterocycles. The summed E-state index contributed by atoms with van der Waals surface area (Å²) in [4.78, 5) is 16.0. The van der Waals surface area contributed by atoms with Gasteiger partial charge < -0.3 is 4.74 Å². The van der Waals surface area contributed by atoms with Crippen LogP contribution >= 0.6 is 0 Å². The molecule has 2 aromatic carbocycles. The van der Waals surface area contributed by atoms with Crippen molar-refractivity contribution in [1.82, 2.24) is 4.98 Å². The highest BCUT2D eigenvalue weighted by atomic mass is 19.3. The van der Waals surface area contributed by atoms with Gasteiger partial charge in [-0.05, 0) is 17.7 Å². The number of nitrogens with zero attached hydrogens (tertiary/aromatic N) is 1. The summed E-state index contributed by atoms with van der Waals surface area (Å²) >= 11 is 0. The van der Waals surface area contributed by atoms with Crippen LogP contribution in [0.25, 0.3) is 22.0 Å². The predicted octanol–water partition coefficient (Wildman–Crippen LogP) is 4.63. The number of hydrogen-bond acceptors (Lipinski definition) is 3. The zero-order valence-electron chi connectivity index (χ0n) is 12.3. The summed E-state index contributed by atoms with van der Waals surface area (Å²) in [5.41, 5.74) is 2.02. The molecule has 1 heterocycles. The molecule has 3 rings (SSSR count). The lowest BCUT2D eigenvalue weighted by atomic mass is 10.00. The predicted molar refractivity (Wildman–Crippen MR) is 83.5 cm³/mol. The average Bonchev–Trinajstić information content (AvgIpc) is 2.60. The molecule has 0 aliphatic carbocycles. The molecule has 0 saturated heterocycles. The summed E-state index contributed by atoms with van der Waals surface area (Å²) < 4.78 is 30.5. The van der Waals surface area contributed by atoms with Crippen LogP contribution in [0.2, 0.25) is 0 Å². The van der Waals surface area contributed by atoms with Gasteiger partial charge in [0.25, 0.3) is 6.43 Å². The number of pyridine rings is 1. The van der Waals surface area contributed by atoms with Gasteiger partial charge >= 0.3 is 5.97 Å². The van der Waals surface area contributed by atoms with Crippen LogP contribution in [0.15, 0.2) is 54.6 Å². The molecule has 0 unspecified atom stereocenters. The third-order valence-corrected chi connectivity index (χ3v) is 3.56. The number of alkyl halides is 2. The van der Waals surface area contributed by atoms with Crippen molar-refractivity contribution < 1.29 is 18.3 Å². The lowest BCUT2D eigenvalue weighted by Crippen LogP contribution is -2.04. The summed E-state index contributed by atoms with van der Waals surface area (Å²) in [5.74, 6) is -0.539. The Balaban J connectivity index is 2.20. The number of halogens is 2. The van der Waals surface area contributed by atoms with E-state index in [0.29, 0.717) is 16.6 Å². The van der Waals surface area contributed by atoms with Crippen LogP contribution in [0.4, 0.5) is 8.78 Å². The van der Waals surface area contributed by atoms with E-state index in [1.54, 1.807) is 30.3 Å². The Labute approximate surface area is 131 Å². The van der Waals surface area contributed by atoms with E-state index >= 15 is 0 Å². The fraction of sp³-hybridized carbons (Fsp3) is 0.111. The summed E-state index contributed by atoms with van der Waals surface area (Å²) in [6.07, 6.45) is -2.54. The molecular weight excluding hydrogens is 300 g/mol. The highest BCUT2D eigenvalue weighted by Crippen LogP contribution is 2.30. The number of esters is 1. The Hall–Kier alpha value is -2.82. The van der Waals surface area contributed by atoms with Gasteiger partial charge in [-0.2, -0.15) is 0 Å². The summed E-state index contributed by atoms with van der Waals surface area (Å²) in [6.45, 7) is 0. The van der Waals surface area contributed by atoms with Crippen molar-refractivity contribution in [1.29, 1.82) is 0 Å². The van der Waals surface area contributed by atoms with Crippen molar-refractivity contribution in [3.63, 3.8) is 0 Å². The van der Waals surface area contributed by atoms with Crippen LogP contribution in [0.1, 0.15) is 22.5 Å². The molecule has 5 heteroatoms. The van der Waals surface area contributed by atoms with Crippen LogP contribution in [0.5, 0.6) is 0 Å². The molecule has 0 spiro atoms. The van der Waals surface area contributed by atoms with Crippen molar-refractivity contribution in [3.05, 3.63) is 65.9 Å². The largest absolute Gasteiger partial charge is 0.464 e. The molecular formula is C18H13F2NO2. The van der Waals surface area contributed by atoms with Gasteiger partial charge in [0.05, 0.1) is 12.6 Å². The lowest BCUT2D eigenvalue weighted by Gasteiger charge is -2.09. The van der Waals surface area contributed by atoms with Crippen LogP contribution in [-0.2, 0) is 4.74 Å². The van der Waals surface area contributed by atoms with E-state index in [-0.39, 0.29) is 11.3 Å². The second-order valence-corrected chi connectivity index (χ2v) is 4.99. The smallest absolute Gasteiger partial charge is 0.356 e. The lowest BCUT2D eigenvalue weighted by molar-refractivity contribution is 0.0594. The third-order valence-electron chi connectivity index (χ3n) is 3.56. The first kappa shape index (κ1) is 15.1. The van der Waals surface area contributed by atoms with Gasteiger partial charge in [-0.25, -0.2) is 18.6 Å². The SMILES string of the molecule is COC(=O)c1ccc2cccc(-c3cccc(C(F)F)c3)c2n1. The number of benzene rings is 2. The maximum Gasteiger partial charge on any atom is 0.356 e. The molecule has 3 aromatic rings. The maximum absolute atomic E-state index is 12.9. The normalized spacial score (nSPS) is 11.0. The number of rotatable bonds is 3. The van der Waals surface area contributed by atoms with Gasteiger partial charge in [0.15, 0.2) is 0 Å². The molecule has 0 radical (unpaired) electrons. The minimum atomic E-state index is -2.54. The summed E-state index contributed by atoms with van der Waals surface area (Å²) in [6, 6.07) is 14.9. The molecule has 0 saturated carbocycles. The van der Waals surface area contributed by atoms with Crippen molar-refractivity contribution in [3.8, 4) is 11.1 Å². The second-order valence-electron chi connectivity index (χ2n) is 4.99. The van der Waals surface area contributed by atoms with Gasteiger partial charge in [-0.3, -0.25) is 0 Å². The number of hydrogen-bond donors (Lipinski definition) is 0. The topological polar surface area (TPSA) is 39.2 Å². The van der Waals surface area contributed by atoms with Crippen LogP contribution in [0.3, 0.4) is 0 Å². The summed E-state index contributed by atoms with van der Waals surface area (Å²) in [5, 5.41) is 0.817. The number of para-hydroxylation sites is 1. The molecule has 3 nitrogen and oxygen atoms in total. The highest BCUT2D eigenvalue weighted by molar-refractivity contribution is 5.97. The third kappa shape index (κ3) is 2.90. The number of fused-ring (bicyclic) bond motifs is 1. The van der Waals surface area contributed by atoms with Gasteiger partial charge in [0.2, 0.25) is 0 Å². The Kier molecular flexibility index (Phi) is 4.02. The fourth-order valence-electron chi connectivity index (χ4n) is 2.44. The number of ether oxygens (including phenoxy) is 1. The zero-order chi connectivity index (χ0) is 16.4. The van der Waals surface area contributed by atoms with Gasteiger partial charge in [0, 0.05) is 16.5 Å². The van der Waals surface area contributed by atoms with Crippen LogP contribution in [0, 0.1) is 0 Å². The molecule has 0 fully saturated rings. The average molecular weight is 313 g/mol. The van der Waals surface area contributed by atoms with E-state index in [0.717, 1.165) is 5.39 Å². The number of methoxy groups -OCH3 is 1. The van der Waals surface area contributed by atoms with E-state index in [1.807, 2.05) is 12.1 Å². The van der Waals surface area contributed by atoms with Gasteiger partial charge in [-0.15, -0.1) is 0 Å². The molecule has 116 valence electrons. The minimum Gasteiger partial charge on any atom is -0.464 e. The van der Waals surface area contributed by atoms with Crippen molar-refractivity contribution in [2.24, 2.45) is 0 Å². The second kappa shape index (κ2) is 6.12. The van der Waals surface area contributed by atoms with E-state index in [9.17, 15) is 13.6 Å². The Morgan fingerprint density at radius 2 is 1.87 bits per heavy atom. The Bertz CT molecular complexity index is 878. The van der Waals surface area contributed by atoms with E-state index in [1.165, 1.54) is 19.2 Å². The van der Waals surface area contributed by atoms with Crippen LogP contribution < -0.4 is 0 Å². The quantitative estimate of drug-likeness (QED) is 0.662.